The Balaban J connectivity index is 2.27. The highest BCUT2D eigenvalue weighted by atomic mass is 16.2. The molecule has 24 heavy (non-hydrogen) atoms. The van der Waals surface area contributed by atoms with Gasteiger partial charge in [0.2, 0.25) is 0 Å². The molecule has 1 unspecified atom stereocenters. The fourth-order valence-electron chi connectivity index (χ4n) is 2.69. The van der Waals surface area contributed by atoms with Crippen LogP contribution in [0.3, 0.4) is 0 Å². The van der Waals surface area contributed by atoms with E-state index in [0.29, 0.717) is 17.7 Å². The summed E-state index contributed by atoms with van der Waals surface area (Å²) in [6, 6.07) is 17.1. The summed E-state index contributed by atoms with van der Waals surface area (Å²) in [5.41, 5.74) is 3.33. The van der Waals surface area contributed by atoms with Crippen molar-refractivity contribution in [1.82, 2.24) is 4.90 Å². The van der Waals surface area contributed by atoms with Gasteiger partial charge in [0.05, 0.1) is 17.7 Å². The molecule has 0 heterocycles. The average Bonchev–Trinajstić information content (AvgIpc) is 2.62. The van der Waals surface area contributed by atoms with Crippen molar-refractivity contribution in [2.45, 2.75) is 19.9 Å². The van der Waals surface area contributed by atoms with Gasteiger partial charge in [-0.25, -0.2) is 0 Å². The van der Waals surface area contributed by atoms with Gasteiger partial charge in [0.15, 0.2) is 0 Å². The first kappa shape index (κ1) is 17.6. The van der Waals surface area contributed by atoms with Crippen molar-refractivity contribution in [2.24, 2.45) is 0 Å². The Labute approximate surface area is 143 Å². The maximum absolute atomic E-state index is 12.9. The Hall–Kier alpha value is -2.80. The standard InChI is InChI=1S/C20H23N3O/c1-5-23(15(2)17-11-9-16(14-21)10-12-17)20(24)18-7-6-8-19(13-18)22(3)4/h6-13,15H,5H2,1-4H3. The van der Waals surface area contributed by atoms with Crippen LogP contribution in [0.5, 0.6) is 0 Å². The number of nitriles is 1. The molecular weight excluding hydrogens is 298 g/mol. The quantitative estimate of drug-likeness (QED) is 0.840. The van der Waals surface area contributed by atoms with Crippen molar-refractivity contribution in [3.8, 4) is 6.07 Å². The Kier molecular flexibility index (Phi) is 5.59. The van der Waals surface area contributed by atoms with E-state index in [9.17, 15) is 4.79 Å². The number of carbonyl (C=O) groups excluding carboxylic acids is 1. The highest BCUT2D eigenvalue weighted by molar-refractivity contribution is 5.95. The molecule has 0 radical (unpaired) electrons. The van der Waals surface area contributed by atoms with Gasteiger partial charge in [-0.2, -0.15) is 5.26 Å². The fourth-order valence-corrected chi connectivity index (χ4v) is 2.69. The van der Waals surface area contributed by atoms with E-state index in [0.717, 1.165) is 11.3 Å². The van der Waals surface area contributed by atoms with E-state index >= 15 is 0 Å². The van der Waals surface area contributed by atoms with Crippen molar-refractivity contribution < 1.29 is 4.79 Å². The Bertz CT molecular complexity index is 744. The number of amides is 1. The number of carbonyl (C=O) groups is 1. The lowest BCUT2D eigenvalue weighted by molar-refractivity contribution is 0.0702. The third-order valence-corrected chi connectivity index (χ3v) is 4.20. The van der Waals surface area contributed by atoms with Crippen LogP contribution in [0.4, 0.5) is 5.69 Å². The predicted octanol–water partition coefficient (Wildman–Crippen LogP) is 3.85. The van der Waals surface area contributed by atoms with Crippen molar-refractivity contribution in [3.05, 3.63) is 65.2 Å². The molecule has 0 spiro atoms. The summed E-state index contributed by atoms with van der Waals surface area (Å²) in [5, 5.41) is 8.91. The van der Waals surface area contributed by atoms with Crippen LogP contribution in [0.1, 0.15) is 41.4 Å². The van der Waals surface area contributed by atoms with Gasteiger partial charge in [-0.3, -0.25) is 4.79 Å². The zero-order valence-corrected chi connectivity index (χ0v) is 14.7. The summed E-state index contributed by atoms with van der Waals surface area (Å²) in [4.78, 5) is 16.8. The van der Waals surface area contributed by atoms with Crippen molar-refractivity contribution in [2.75, 3.05) is 25.5 Å². The van der Waals surface area contributed by atoms with Crippen molar-refractivity contribution >= 4 is 11.6 Å². The van der Waals surface area contributed by atoms with Crippen molar-refractivity contribution in [3.63, 3.8) is 0 Å². The zero-order chi connectivity index (χ0) is 17.7. The molecular formula is C20H23N3O. The average molecular weight is 321 g/mol. The topological polar surface area (TPSA) is 47.3 Å². The van der Waals surface area contributed by atoms with Gasteiger partial charge >= 0.3 is 0 Å². The molecule has 2 aromatic rings. The molecule has 1 amide bonds. The minimum absolute atomic E-state index is 0.0121. The SMILES string of the molecule is CCN(C(=O)c1cccc(N(C)C)c1)C(C)c1ccc(C#N)cc1. The summed E-state index contributed by atoms with van der Waals surface area (Å²) in [6.07, 6.45) is 0. The van der Waals surface area contributed by atoms with Gasteiger partial charge in [-0.15, -0.1) is 0 Å². The minimum atomic E-state index is -0.0572. The van der Waals surface area contributed by atoms with Crippen LogP contribution < -0.4 is 4.90 Å². The third kappa shape index (κ3) is 3.75. The van der Waals surface area contributed by atoms with Crippen LogP contribution in [-0.2, 0) is 0 Å². The molecule has 2 aromatic carbocycles. The van der Waals surface area contributed by atoms with Gasteiger partial charge in [0, 0.05) is 31.9 Å². The summed E-state index contributed by atoms with van der Waals surface area (Å²) >= 11 is 0. The largest absolute Gasteiger partial charge is 0.378 e. The number of nitrogens with zero attached hydrogens (tertiary/aromatic N) is 3. The lowest BCUT2D eigenvalue weighted by atomic mass is 10.0. The molecule has 0 fully saturated rings. The van der Waals surface area contributed by atoms with E-state index in [2.05, 4.69) is 6.07 Å². The van der Waals surface area contributed by atoms with E-state index in [1.54, 1.807) is 12.1 Å². The molecule has 0 N–H and O–H groups in total. The van der Waals surface area contributed by atoms with E-state index < -0.39 is 0 Å². The normalized spacial score (nSPS) is 11.5. The molecule has 124 valence electrons. The van der Waals surface area contributed by atoms with Crippen LogP contribution in [0.2, 0.25) is 0 Å². The Morgan fingerprint density at radius 2 is 1.83 bits per heavy atom. The second-order valence-electron chi connectivity index (χ2n) is 5.95. The molecule has 0 saturated carbocycles. The van der Waals surface area contributed by atoms with Crippen LogP contribution in [-0.4, -0.2) is 31.4 Å². The van der Waals surface area contributed by atoms with E-state index in [1.807, 2.05) is 74.1 Å². The fraction of sp³-hybridized carbons (Fsp3) is 0.300. The van der Waals surface area contributed by atoms with Gasteiger partial charge in [-0.1, -0.05) is 18.2 Å². The van der Waals surface area contributed by atoms with Crippen LogP contribution in [0.15, 0.2) is 48.5 Å². The number of rotatable bonds is 5. The summed E-state index contributed by atoms with van der Waals surface area (Å²) in [5.74, 6) is 0.0121. The maximum Gasteiger partial charge on any atom is 0.254 e. The minimum Gasteiger partial charge on any atom is -0.378 e. The molecule has 0 aliphatic rings. The number of hydrogen-bond donors (Lipinski definition) is 0. The maximum atomic E-state index is 12.9. The highest BCUT2D eigenvalue weighted by Crippen LogP contribution is 2.24. The second kappa shape index (κ2) is 7.65. The summed E-state index contributed by atoms with van der Waals surface area (Å²) in [6.45, 7) is 4.61. The van der Waals surface area contributed by atoms with Crippen LogP contribution in [0.25, 0.3) is 0 Å². The van der Waals surface area contributed by atoms with Gasteiger partial charge in [0.25, 0.3) is 5.91 Å². The van der Waals surface area contributed by atoms with Gasteiger partial charge < -0.3 is 9.80 Å². The first-order chi connectivity index (χ1) is 11.5. The molecule has 0 aromatic heterocycles. The molecule has 1 atom stereocenters. The molecule has 4 heteroatoms. The number of hydrogen-bond acceptors (Lipinski definition) is 3. The second-order valence-corrected chi connectivity index (χ2v) is 5.95. The monoisotopic (exact) mass is 321 g/mol. The van der Waals surface area contributed by atoms with E-state index in [4.69, 9.17) is 5.26 Å². The van der Waals surface area contributed by atoms with Gasteiger partial charge in [-0.05, 0) is 49.7 Å². The first-order valence-corrected chi connectivity index (χ1v) is 8.06. The van der Waals surface area contributed by atoms with E-state index in [1.165, 1.54) is 0 Å². The number of anilines is 1. The first-order valence-electron chi connectivity index (χ1n) is 8.06. The molecule has 0 aliphatic carbocycles. The van der Waals surface area contributed by atoms with E-state index in [-0.39, 0.29) is 11.9 Å². The summed E-state index contributed by atoms with van der Waals surface area (Å²) < 4.78 is 0. The third-order valence-electron chi connectivity index (χ3n) is 4.20. The Morgan fingerprint density at radius 1 is 1.17 bits per heavy atom. The van der Waals surface area contributed by atoms with Gasteiger partial charge in [0.1, 0.15) is 0 Å². The molecule has 4 nitrogen and oxygen atoms in total. The molecule has 0 bridgehead atoms. The molecule has 0 saturated heterocycles. The molecule has 0 aliphatic heterocycles. The number of benzene rings is 2. The smallest absolute Gasteiger partial charge is 0.254 e. The summed E-state index contributed by atoms with van der Waals surface area (Å²) in [7, 11) is 3.92. The lowest BCUT2D eigenvalue weighted by Gasteiger charge is -2.29. The van der Waals surface area contributed by atoms with Crippen LogP contribution >= 0.6 is 0 Å². The molecule has 2 rings (SSSR count). The zero-order valence-electron chi connectivity index (χ0n) is 14.7. The predicted molar refractivity (Wildman–Crippen MR) is 97.1 cm³/mol. The highest BCUT2D eigenvalue weighted by Gasteiger charge is 2.21. The van der Waals surface area contributed by atoms with Crippen molar-refractivity contribution in [1.29, 1.82) is 5.26 Å². The lowest BCUT2D eigenvalue weighted by Crippen LogP contribution is -2.33. The van der Waals surface area contributed by atoms with Crippen LogP contribution in [0, 0.1) is 11.3 Å². The Morgan fingerprint density at radius 3 is 2.38 bits per heavy atom.